The van der Waals surface area contributed by atoms with Crippen LogP contribution in [-0.4, -0.2) is 54.2 Å². The number of nitrogens with zero attached hydrogens (tertiary/aromatic N) is 3. The topological polar surface area (TPSA) is 56.7 Å². The lowest BCUT2D eigenvalue weighted by atomic mass is 10.2. The highest BCUT2D eigenvalue weighted by Crippen LogP contribution is 2.26. The first-order valence-electron chi connectivity index (χ1n) is 6.41. The van der Waals surface area contributed by atoms with E-state index in [2.05, 4.69) is 9.88 Å². The molecule has 104 valence electrons. The van der Waals surface area contributed by atoms with E-state index < -0.39 is 5.97 Å². The fraction of sp³-hybridized carbons (Fsp3) is 0.538. The minimum absolute atomic E-state index is 0.0969. The molecule has 0 spiro atoms. The fourth-order valence-electron chi connectivity index (χ4n) is 2.27. The fourth-order valence-corrected chi connectivity index (χ4v) is 2.60. The van der Waals surface area contributed by atoms with Gasteiger partial charge in [0.25, 0.3) is 0 Å². The van der Waals surface area contributed by atoms with Crippen molar-refractivity contribution in [3.63, 3.8) is 0 Å². The number of aromatic nitrogens is 1. The molecular weight excluding hydrogens is 266 g/mol. The molecule has 1 aromatic heterocycles. The number of carboxylic acid groups (broad SMARTS) is 1. The van der Waals surface area contributed by atoms with Gasteiger partial charge in [0, 0.05) is 26.3 Å². The van der Waals surface area contributed by atoms with Crippen molar-refractivity contribution in [2.75, 3.05) is 38.1 Å². The minimum atomic E-state index is -1.03. The Balaban J connectivity index is 2.03. The number of aromatic carboxylic acids is 1. The third kappa shape index (κ3) is 3.36. The number of likely N-dealkylation sites (N-methyl/N-ethyl adjacent to an activating group) is 1. The van der Waals surface area contributed by atoms with Crippen LogP contribution >= 0.6 is 11.6 Å². The van der Waals surface area contributed by atoms with Gasteiger partial charge in [0.05, 0.1) is 10.6 Å². The molecule has 0 radical (unpaired) electrons. The maximum atomic E-state index is 11.0. The zero-order valence-electron chi connectivity index (χ0n) is 11.0. The lowest BCUT2D eigenvalue weighted by Gasteiger charge is -2.23. The minimum Gasteiger partial charge on any atom is -0.478 e. The molecule has 0 amide bonds. The third-order valence-corrected chi connectivity index (χ3v) is 3.79. The molecule has 5 nitrogen and oxygen atoms in total. The number of halogens is 1. The standard InChI is InChI=1S/C13H18ClN3O2/c1-16(8-9-17-6-2-3-7-17)12-11(14)10(13(18)19)4-5-15-12/h4-5H,2-3,6-9H2,1H3,(H,18,19). The molecule has 6 heteroatoms. The summed E-state index contributed by atoms with van der Waals surface area (Å²) in [5.41, 5.74) is 0.0969. The SMILES string of the molecule is CN(CCN1CCCC1)c1nccc(C(=O)O)c1Cl. The molecule has 2 rings (SSSR count). The summed E-state index contributed by atoms with van der Waals surface area (Å²) in [5.74, 6) is -0.498. The van der Waals surface area contributed by atoms with Crippen LogP contribution in [0, 0.1) is 0 Å². The van der Waals surface area contributed by atoms with Gasteiger partial charge in [-0.15, -0.1) is 0 Å². The molecule has 1 aliphatic rings. The van der Waals surface area contributed by atoms with E-state index in [1.807, 2.05) is 11.9 Å². The van der Waals surface area contributed by atoms with Crippen LogP contribution in [0.1, 0.15) is 23.2 Å². The zero-order chi connectivity index (χ0) is 13.8. The van der Waals surface area contributed by atoms with Gasteiger partial charge in [-0.05, 0) is 32.0 Å². The summed E-state index contributed by atoms with van der Waals surface area (Å²) in [4.78, 5) is 19.5. The lowest BCUT2D eigenvalue weighted by molar-refractivity contribution is 0.0697. The molecule has 19 heavy (non-hydrogen) atoms. The Morgan fingerprint density at radius 2 is 2.21 bits per heavy atom. The normalized spacial score (nSPS) is 15.7. The Kier molecular flexibility index (Phi) is 4.61. The predicted molar refractivity (Wildman–Crippen MR) is 75.2 cm³/mol. The summed E-state index contributed by atoms with van der Waals surface area (Å²) >= 11 is 6.10. The van der Waals surface area contributed by atoms with E-state index in [0.29, 0.717) is 5.82 Å². The Labute approximate surface area is 117 Å². The highest BCUT2D eigenvalue weighted by molar-refractivity contribution is 6.35. The third-order valence-electron chi connectivity index (χ3n) is 3.41. The largest absolute Gasteiger partial charge is 0.478 e. The molecule has 0 saturated carbocycles. The van der Waals surface area contributed by atoms with Gasteiger partial charge in [-0.1, -0.05) is 11.6 Å². The second-order valence-electron chi connectivity index (χ2n) is 4.77. The van der Waals surface area contributed by atoms with Crippen molar-refractivity contribution in [1.82, 2.24) is 9.88 Å². The van der Waals surface area contributed by atoms with Gasteiger partial charge in [0.2, 0.25) is 0 Å². The smallest absolute Gasteiger partial charge is 0.337 e. The van der Waals surface area contributed by atoms with E-state index >= 15 is 0 Å². The van der Waals surface area contributed by atoms with Crippen molar-refractivity contribution in [1.29, 1.82) is 0 Å². The number of pyridine rings is 1. The molecule has 0 aromatic carbocycles. The highest BCUT2D eigenvalue weighted by atomic mass is 35.5. The second kappa shape index (κ2) is 6.21. The van der Waals surface area contributed by atoms with Crippen molar-refractivity contribution >= 4 is 23.4 Å². The van der Waals surface area contributed by atoms with Gasteiger partial charge in [0.15, 0.2) is 0 Å². The maximum absolute atomic E-state index is 11.0. The number of carbonyl (C=O) groups is 1. The van der Waals surface area contributed by atoms with Crippen molar-refractivity contribution in [2.45, 2.75) is 12.8 Å². The molecule has 0 bridgehead atoms. The summed E-state index contributed by atoms with van der Waals surface area (Å²) in [6.45, 7) is 4.02. The molecule has 0 unspecified atom stereocenters. The van der Waals surface area contributed by atoms with Crippen molar-refractivity contribution < 1.29 is 9.90 Å². The van der Waals surface area contributed by atoms with Gasteiger partial charge in [0.1, 0.15) is 5.82 Å². The molecule has 2 heterocycles. The summed E-state index contributed by atoms with van der Waals surface area (Å²) in [6.07, 6.45) is 4.01. The van der Waals surface area contributed by atoms with E-state index in [9.17, 15) is 4.79 Å². The summed E-state index contributed by atoms with van der Waals surface area (Å²) in [5, 5.41) is 9.24. The van der Waals surface area contributed by atoms with E-state index in [-0.39, 0.29) is 10.6 Å². The van der Waals surface area contributed by atoms with E-state index in [4.69, 9.17) is 16.7 Å². The Hall–Kier alpha value is -1.33. The van der Waals surface area contributed by atoms with Gasteiger partial charge in [-0.25, -0.2) is 9.78 Å². The first-order chi connectivity index (χ1) is 9.09. The average Bonchev–Trinajstić information content (AvgIpc) is 2.89. The van der Waals surface area contributed by atoms with E-state index in [0.717, 1.165) is 26.2 Å². The van der Waals surface area contributed by atoms with Crippen LogP contribution in [0.25, 0.3) is 0 Å². The van der Waals surface area contributed by atoms with E-state index in [1.54, 1.807) is 0 Å². The number of carboxylic acids is 1. The summed E-state index contributed by atoms with van der Waals surface area (Å²) in [6, 6.07) is 1.42. The van der Waals surface area contributed by atoms with Gasteiger partial charge < -0.3 is 14.9 Å². The van der Waals surface area contributed by atoms with Crippen LogP contribution in [0.15, 0.2) is 12.3 Å². The molecule has 1 saturated heterocycles. The first kappa shape index (κ1) is 14.1. The molecule has 1 fully saturated rings. The van der Waals surface area contributed by atoms with E-state index in [1.165, 1.54) is 25.1 Å². The highest BCUT2D eigenvalue weighted by Gasteiger charge is 2.17. The predicted octanol–water partition coefficient (Wildman–Crippen LogP) is 1.97. The first-order valence-corrected chi connectivity index (χ1v) is 6.78. The molecule has 1 aliphatic heterocycles. The molecule has 1 N–H and O–H groups in total. The number of hydrogen-bond donors (Lipinski definition) is 1. The van der Waals surface area contributed by atoms with Crippen LogP contribution in [0.4, 0.5) is 5.82 Å². The molecule has 1 aromatic rings. The zero-order valence-corrected chi connectivity index (χ0v) is 11.7. The Morgan fingerprint density at radius 1 is 1.53 bits per heavy atom. The van der Waals surface area contributed by atoms with Crippen LogP contribution in [0.2, 0.25) is 5.02 Å². The Bertz CT molecular complexity index is 461. The monoisotopic (exact) mass is 283 g/mol. The van der Waals surface area contributed by atoms with Crippen molar-refractivity contribution in [2.24, 2.45) is 0 Å². The molecule has 0 atom stereocenters. The van der Waals surface area contributed by atoms with Crippen LogP contribution in [0.3, 0.4) is 0 Å². The number of likely N-dealkylation sites (tertiary alicyclic amines) is 1. The quantitative estimate of drug-likeness (QED) is 0.895. The van der Waals surface area contributed by atoms with Crippen LogP contribution in [0.5, 0.6) is 0 Å². The number of anilines is 1. The maximum Gasteiger partial charge on any atom is 0.337 e. The van der Waals surface area contributed by atoms with Crippen molar-refractivity contribution in [3.05, 3.63) is 22.8 Å². The second-order valence-corrected chi connectivity index (χ2v) is 5.15. The lowest BCUT2D eigenvalue weighted by Crippen LogP contribution is -2.32. The van der Waals surface area contributed by atoms with Gasteiger partial charge in [-0.3, -0.25) is 0 Å². The van der Waals surface area contributed by atoms with Crippen LogP contribution < -0.4 is 4.90 Å². The van der Waals surface area contributed by atoms with Crippen LogP contribution in [-0.2, 0) is 0 Å². The number of hydrogen-bond acceptors (Lipinski definition) is 4. The molecular formula is C13H18ClN3O2. The summed E-state index contributed by atoms with van der Waals surface area (Å²) < 4.78 is 0. The summed E-state index contributed by atoms with van der Waals surface area (Å²) in [7, 11) is 1.88. The van der Waals surface area contributed by atoms with Gasteiger partial charge in [-0.2, -0.15) is 0 Å². The Morgan fingerprint density at radius 3 is 2.84 bits per heavy atom. The van der Waals surface area contributed by atoms with Gasteiger partial charge >= 0.3 is 5.97 Å². The average molecular weight is 284 g/mol. The van der Waals surface area contributed by atoms with Crippen molar-refractivity contribution in [3.8, 4) is 0 Å². The number of rotatable bonds is 5. The molecule has 0 aliphatic carbocycles.